The van der Waals surface area contributed by atoms with Crippen LogP contribution in [0.2, 0.25) is 5.02 Å². The molecule has 0 bridgehead atoms. The molecular formula is C18H15ClN2OS. The van der Waals surface area contributed by atoms with Crippen molar-refractivity contribution < 1.29 is 0 Å². The van der Waals surface area contributed by atoms with Gasteiger partial charge < -0.3 is 4.98 Å². The molecule has 0 saturated heterocycles. The third-order valence-corrected chi connectivity index (χ3v) is 4.32. The smallest absolute Gasteiger partial charge is 0.255 e. The zero-order valence-corrected chi connectivity index (χ0v) is 14.1. The summed E-state index contributed by atoms with van der Waals surface area (Å²) in [6, 6.07) is 17.3. The lowest BCUT2D eigenvalue weighted by molar-refractivity contribution is 0.909. The Morgan fingerprint density at radius 1 is 1.13 bits per heavy atom. The second-order valence-corrected chi connectivity index (χ2v) is 6.31. The molecule has 0 spiro atoms. The van der Waals surface area contributed by atoms with Crippen LogP contribution in [0.5, 0.6) is 0 Å². The van der Waals surface area contributed by atoms with Gasteiger partial charge in [0.25, 0.3) is 5.56 Å². The number of aromatic amines is 1. The average molecular weight is 343 g/mol. The van der Waals surface area contributed by atoms with Gasteiger partial charge in [0.15, 0.2) is 5.16 Å². The Bertz CT molecular complexity index is 878. The first-order valence-corrected chi connectivity index (χ1v) is 8.74. The molecular weight excluding hydrogens is 328 g/mol. The molecule has 2 aromatic carbocycles. The number of halogens is 1. The van der Waals surface area contributed by atoms with E-state index in [1.807, 2.05) is 60.9 Å². The fourth-order valence-electron chi connectivity index (χ4n) is 2.42. The SMILES string of the molecule is CSc1nc(-c2ccccc2)c(Cc2cccc(Cl)c2)c(=O)[nH]1. The average Bonchev–Trinajstić information content (AvgIpc) is 2.57. The Hall–Kier alpha value is -2.04. The quantitative estimate of drug-likeness (QED) is 0.564. The molecule has 0 unspecified atom stereocenters. The number of rotatable bonds is 4. The van der Waals surface area contributed by atoms with Crippen LogP contribution in [-0.2, 0) is 6.42 Å². The second kappa shape index (κ2) is 7.02. The third-order valence-electron chi connectivity index (χ3n) is 3.50. The topological polar surface area (TPSA) is 45.8 Å². The molecule has 0 atom stereocenters. The summed E-state index contributed by atoms with van der Waals surface area (Å²) in [7, 11) is 0. The van der Waals surface area contributed by atoms with Gasteiger partial charge in [-0.25, -0.2) is 4.98 Å². The fourth-order valence-corrected chi connectivity index (χ4v) is 3.01. The van der Waals surface area contributed by atoms with Crippen LogP contribution in [0.4, 0.5) is 0 Å². The van der Waals surface area contributed by atoms with E-state index in [9.17, 15) is 4.79 Å². The summed E-state index contributed by atoms with van der Waals surface area (Å²) in [5.74, 6) is 0. The predicted octanol–water partition coefficient (Wildman–Crippen LogP) is 4.40. The van der Waals surface area contributed by atoms with Gasteiger partial charge in [0, 0.05) is 22.6 Å². The summed E-state index contributed by atoms with van der Waals surface area (Å²) in [6.45, 7) is 0. The van der Waals surface area contributed by atoms with Crippen LogP contribution in [0.3, 0.4) is 0 Å². The highest BCUT2D eigenvalue weighted by Gasteiger charge is 2.14. The maximum atomic E-state index is 12.5. The minimum Gasteiger partial charge on any atom is -0.301 e. The molecule has 1 N–H and O–H groups in total. The van der Waals surface area contributed by atoms with Crippen LogP contribution < -0.4 is 5.56 Å². The van der Waals surface area contributed by atoms with Gasteiger partial charge in [-0.1, -0.05) is 65.8 Å². The number of H-pyrrole nitrogens is 1. The van der Waals surface area contributed by atoms with Crippen molar-refractivity contribution in [2.75, 3.05) is 6.26 Å². The van der Waals surface area contributed by atoms with E-state index in [-0.39, 0.29) is 5.56 Å². The van der Waals surface area contributed by atoms with Crippen molar-refractivity contribution in [2.24, 2.45) is 0 Å². The number of hydrogen-bond donors (Lipinski definition) is 1. The van der Waals surface area contributed by atoms with Crippen LogP contribution in [0.1, 0.15) is 11.1 Å². The van der Waals surface area contributed by atoms with Crippen molar-refractivity contribution in [1.82, 2.24) is 9.97 Å². The Labute approximate surface area is 143 Å². The third kappa shape index (κ3) is 3.66. The summed E-state index contributed by atoms with van der Waals surface area (Å²) in [5, 5.41) is 1.28. The normalized spacial score (nSPS) is 10.7. The summed E-state index contributed by atoms with van der Waals surface area (Å²) in [6.07, 6.45) is 2.38. The number of nitrogens with one attached hydrogen (secondary N) is 1. The van der Waals surface area contributed by atoms with E-state index < -0.39 is 0 Å². The number of benzene rings is 2. The molecule has 0 saturated carbocycles. The number of nitrogens with zero attached hydrogens (tertiary/aromatic N) is 1. The van der Waals surface area contributed by atoms with Gasteiger partial charge in [0.1, 0.15) is 0 Å². The minimum atomic E-state index is -0.108. The van der Waals surface area contributed by atoms with Crippen molar-refractivity contribution in [1.29, 1.82) is 0 Å². The first-order valence-electron chi connectivity index (χ1n) is 7.14. The lowest BCUT2D eigenvalue weighted by Gasteiger charge is -2.10. The largest absolute Gasteiger partial charge is 0.301 e. The van der Waals surface area contributed by atoms with Gasteiger partial charge in [0.05, 0.1) is 5.69 Å². The van der Waals surface area contributed by atoms with Crippen LogP contribution in [0.25, 0.3) is 11.3 Å². The van der Waals surface area contributed by atoms with E-state index in [1.165, 1.54) is 11.8 Å². The van der Waals surface area contributed by atoms with Gasteiger partial charge in [-0.2, -0.15) is 0 Å². The number of aromatic nitrogens is 2. The molecule has 0 aliphatic heterocycles. The molecule has 0 radical (unpaired) electrons. The first-order chi connectivity index (χ1) is 11.2. The summed E-state index contributed by atoms with van der Waals surface area (Å²) in [4.78, 5) is 20.0. The van der Waals surface area contributed by atoms with Crippen molar-refractivity contribution in [3.8, 4) is 11.3 Å². The highest BCUT2D eigenvalue weighted by molar-refractivity contribution is 7.98. The molecule has 1 heterocycles. The number of hydrogen-bond acceptors (Lipinski definition) is 3. The number of thioether (sulfide) groups is 1. The Morgan fingerprint density at radius 3 is 2.61 bits per heavy atom. The van der Waals surface area contributed by atoms with Crippen molar-refractivity contribution in [3.63, 3.8) is 0 Å². The van der Waals surface area contributed by atoms with Crippen LogP contribution in [0, 0.1) is 0 Å². The molecule has 0 amide bonds. The van der Waals surface area contributed by atoms with Gasteiger partial charge in [-0.15, -0.1) is 0 Å². The Balaban J connectivity index is 2.13. The van der Waals surface area contributed by atoms with E-state index in [2.05, 4.69) is 9.97 Å². The highest BCUT2D eigenvalue weighted by Crippen LogP contribution is 2.23. The van der Waals surface area contributed by atoms with Crippen molar-refractivity contribution >= 4 is 23.4 Å². The van der Waals surface area contributed by atoms with Gasteiger partial charge in [0.2, 0.25) is 0 Å². The van der Waals surface area contributed by atoms with E-state index >= 15 is 0 Å². The molecule has 1 aromatic heterocycles. The molecule has 0 aliphatic carbocycles. The second-order valence-electron chi connectivity index (χ2n) is 5.08. The molecule has 23 heavy (non-hydrogen) atoms. The van der Waals surface area contributed by atoms with Crippen LogP contribution in [-0.4, -0.2) is 16.2 Å². The van der Waals surface area contributed by atoms with Gasteiger partial charge in [-0.3, -0.25) is 4.79 Å². The Kier molecular flexibility index (Phi) is 4.84. The van der Waals surface area contributed by atoms with Gasteiger partial charge in [-0.05, 0) is 24.0 Å². The van der Waals surface area contributed by atoms with E-state index in [1.54, 1.807) is 0 Å². The van der Waals surface area contributed by atoms with Gasteiger partial charge >= 0.3 is 0 Å². The van der Waals surface area contributed by atoms with Crippen LogP contribution in [0.15, 0.2) is 64.5 Å². The first kappa shape index (κ1) is 15.8. The predicted molar refractivity (Wildman–Crippen MR) is 96.3 cm³/mol. The standard InChI is InChI=1S/C18H15ClN2OS/c1-23-18-20-16(13-7-3-2-4-8-13)15(17(22)21-18)11-12-6-5-9-14(19)10-12/h2-10H,11H2,1H3,(H,20,21,22). The fraction of sp³-hybridized carbons (Fsp3) is 0.111. The van der Waals surface area contributed by atoms with E-state index in [0.29, 0.717) is 22.2 Å². The molecule has 3 rings (SSSR count). The zero-order chi connectivity index (χ0) is 16.2. The molecule has 0 aliphatic rings. The van der Waals surface area contributed by atoms with E-state index in [4.69, 9.17) is 11.6 Å². The molecule has 0 fully saturated rings. The lowest BCUT2D eigenvalue weighted by Crippen LogP contribution is -2.17. The maximum Gasteiger partial charge on any atom is 0.255 e. The minimum absolute atomic E-state index is 0.108. The monoisotopic (exact) mass is 342 g/mol. The Morgan fingerprint density at radius 2 is 1.91 bits per heavy atom. The van der Waals surface area contributed by atoms with Crippen LogP contribution >= 0.6 is 23.4 Å². The maximum absolute atomic E-state index is 12.5. The highest BCUT2D eigenvalue weighted by atomic mass is 35.5. The molecule has 3 aromatic rings. The van der Waals surface area contributed by atoms with Crippen molar-refractivity contribution in [2.45, 2.75) is 11.6 Å². The van der Waals surface area contributed by atoms with E-state index in [0.717, 1.165) is 16.8 Å². The van der Waals surface area contributed by atoms with Crippen molar-refractivity contribution in [3.05, 3.63) is 81.1 Å². The summed E-state index contributed by atoms with van der Waals surface area (Å²) < 4.78 is 0. The molecule has 3 nitrogen and oxygen atoms in total. The lowest BCUT2D eigenvalue weighted by atomic mass is 10.0. The summed E-state index contributed by atoms with van der Waals surface area (Å²) >= 11 is 7.47. The molecule has 116 valence electrons. The zero-order valence-electron chi connectivity index (χ0n) is 12.5. The summed E-state index contributed by atoms with van der Waals surface area (Å²) in [5.41, 5.74) is 3.18. The molecule has 5 heteroatoms.